The van der Waals surface area contributed by atoms with E-state index in [1.807, 2.05) is 92.8 Å². The number of fused-ring (bicyclic) bond motifs is 2. The normalized spacial score (nSPS) is 13.3. The van der Waals surface area contributed by atoms with Crippen molar-refractivity contribution < 1.29 is 27.7 Å². The van der Waals surface area contributed by atoms with Crippen LogP contribution in [0.4, 0.5) is 37.5 Å². The number of anilines is 5. The Kier molecular flexibility index (Phi) is 16.6. The van der Waals surface area contributed by atoms with Gasteiger partial charge in [-0.3, -0.25) is 9.97 Å². The fourth-order valence-corrected chi connectivity index (χ4v) is 9.41. The molecule has 0 bridgehead atoms. The third kappa shape index (κ3) is 12.3. The first-order valence-corrected chi connectivity index (χ1v) is 25.8. The number of nitrogens with one attached hydrogen (secondary N) is 1. The van der Waals surface area contributed by atoms with Gasteiger partial charge in [0.25, 0.3) is 0 Å². The number of pyridine rings is 8. The summed E-state index contributed by atoms with van der Waals surface area (Å²) in [4.78, 5) is 40.3. The Hall–Kier alpha value is -8.97. The second-order valence-electron chi connectivity index (χ2n) is 18.3. The van der Waals surface area contributed by atoms with E-state index in [0.717, 1.165) is 112 Å². The van der Waals surface area contributed by atoms with Crippen molar-refractivity contribution >= 4 is 62.1 Å². The number of nitrogen functional groups attached to an aromatic ring is 1. The molecule has 0 amide bonds. The summed E-state index contributed by atoms with van der Waals surface area (Å²) in [6.45, 7) is 9.86. The minimum absolute atomic E-state index is 0.327. The maximum atomic E-state index is 14.3. The Morgan fingerprint density at radius 2 is 1.06 bits per heavy atom. The van der Waals surface area contributed by atoms with Crippen LogP contribution in [-0.2, 0) is 9.47 Å². The van der Waals surface area contributed by atoms with E-state index in [9.17, 15) is 8.78 Å². The van der Waals surface area contributed by atoms with Gasteiger partial charge in [0, 0.05) is 144 Å². The molecule has 0 atom stereocenters. The van der Waals surface area contributed by atoms with Crippen molar-refractivity contribution in [3.8, 4) is 56.8 Å². The highest BCUT2D eigenvalue weighted by Crippen LogP contribution is 2.40. The van der Waals surface area contributed by atoms with Crippen molar-refractivity contribution in [2.75, 3.05) is 87.7 Å². The van der Waals surface area contributed by atoms with Gasteiger partial charge in [-0.05, 0) is 80.1 Å². The second kappa shape index (κ2) is 24.6. The summed E-state index contributed by atoms with van der Waals surface area (Å²) in [7, 11) is 3.18. The van der Waals surface area contributed by atoms with Crippen LogP contribution in [0.25, 0.3) is 66.8 Å². The quantitative estimate of drug-likeness (QED) is 0.132. The first-order valence-electron chi connectivity index (χ1n) is 25.4. The van der Waals surface area contributed by atoms with E-state index in [2.05, 4.69) is 45.0 Å². The number of hydrogen-bond donors (Lipinski definition) is 2. The minimum Gasteiger partial charge on any atom is -0.481 e. The van der Waals surface area contributed by atoms with Gasteiger partial charge < -0.3 is 39.8 Å². The first kappa shape index (κ1) is 53.4. The molecule has 12 rings (SSSR count). The summed E-state index contributed by atoms with van der Waals surface area (Å²) in [6.07, 6.45) is 10.6. The Morgan fingerprint density at radius 3 is 1.57 bits per heavy atom. The van der Waals surface area contributed by atoms with Gasteiger partial charge in [-0.15, -0.1) is 0 Å². The molecule has 0 aliphatic carbocycles. The smallest absolute Gasteiger partial charge is 0.212 e. The Labute approximate surface area is 460 Å². The van der Waals surface area contributed by atoms with Gasteiger partial charge in [-0.25, -0.2) is 38.7 Å². The van der Waals surface area contributed by atoms with Gasteiger partial charge in [-0.1, -0.05) is 23.7 Å². The van der Waals surface area contributed by atoms with Crippen LogP contribution in [0.1, 0.15) is 11.1 Å². The molecule has 2 fully saturated rings. The molecule has 0 unspecified atom stereocenters. The molecule has 19 heteroatoms. The summed E-state index contributed by atoms with van der Waals surface area (Å²) in [6, 6.07) is 31.8. The number of morpholine rings is 2. The molecule has 3 N–H and O–H groups in total. The number of benzene rings is 2. The van der Waals surface area contributed by atoms with Crippen LogP contribution >= 0.6 is 11.6 Å². The fourth-order valence-electron chi connectivity index (χ4n) is 9.16. The van der Waals surface area contributed by atoms with Crippen LogP contribution in [0.5, 0.6) is 11.8 Å². The third-order valence-electron chi connectivity index (χ3n) is 13.4. The lowest BCUT2D eigenvalue weighted by Crippen LogP contribution is -2.36. The van der Waals surface area contributed by atoms with Crippen molar-refractivity contribution in [1.29, 1.82) is 0 Å². The molecule has 400 valence electrons. The molecule has 10 heterocycles. The molecular weight excluding hydrogens is 1030 g/mol. The molecular formula is C60H55ClF2N12O4. The summed E-state index contributed by atoms with van der Waals surface area (Å²) in [5.41, 5.74) is 17.7. The van der Waals surface area contributed by atoms with E-state index in [1.54, 1.807) is 57.3 Å². The van der Waals surface area contributed by atoms with Crippen molar-refractivity contribution in [2.24, 2.45) is 0 Å². The topological polar surface area (TPSA) is 185 Å². The number of methoxy groups -OCH3 is 2. The SMILES string of the molecule is COc1ccc(-c2cnc(N3CCOCC3)cc2N)cn1.COc1ccc(-c2cnc(N3CCOCC3)cc2Nc2c(C)c(-c3ccccn3)nc3cc(F)ccc23)cn1.Cc1c(-c2ccccn2)nc2cc(F)ccc2c1Cl. The second-order valence-corrected chi connectivity index (χ2v) is 18.7. The zero-order chi connectivity index (χ0) is 54.8. The summed E-state index contributed by atoms with van der Waals surface area (Å²) in [5, 5.41) is 5.81. The van der Waals surface area contributed by atoms with Gasteiger partial charge in [0.2, 0.25) is 11.8 Å². The number of nitrogens with two attached hydrogens (primary N) is 1. The Morgan fingerprint density at radius 1 is 0.557 bits per heavy atom. The van der Waals surface area contributed by atoms with Crippen LogP contribution in [0, 0.1) is 25.5 Å². The standard InChI is InChI=1S/C30H27FN6O2.C15H10ClFN2.C15H18N4O2/c1-19-29(22-8-7-21(31)15-25(22)36-30(19)24-5-3-4-10-32-24)35-26-16-27(37-11-13-39-14-12-37)33-18-23(26)20-6-9-28(38-2)34-17-20;1-9-14(16)11-6-5-10(17)8-13(11)19-15(9)12-4-2-3-7-18-12;1-20-15-3-2-11(9-18-15)12-10-17-14(8-13(12)16)19-4-6-21-7-5-19/h3-10,15-18H,11-14H2,1-2H3,(H,33,35,36);2-8H,1H3;2-3,8-10H,4-7H2,1H3,(H2,16,17). The number of hydrogen-bond acceptors (Lipinski definition) is 16. The lowest BCUT2D eigenvalue weighted by atomic mass is 10.0. The largest absolute Gasteiger partial charge is 0.481 e. The van der Waals surface area contributed by atoms with E-state index in [4.69, 9.17) is 46.3 Å². The maximum absolute atomic E-state index is 14.3. The van der Waals surface area contributed by atoms with E-state index < -0.39 is 0 Å². The zero-order valence-corrected chi connectivity index (χ0v) is 44.6. The maximum Gasteiger partial charge on any atom is 0.212 e. The first-order chi connectivity index (χ1) is 38.5. The molecule has 10 aromatic rings. The van der Waals surface area contributed by atoms with Crippen LogP contribution < -0.4 is 30.3 Å². The lowest BCUT2D eigenvalue weighted by Gasteiger charge is -2.28. The number of nitrogens with zero attached hydrogens (tertiary/aromatic N) is 10. The predicted octanol–water partition coefficient (Wildman–Crippen LogP) is 11.8. The van der Waals surface area contributed by atoms with Crippen LogP contribution in [0.3, 0.4) is 0 Å². The fraction of sp³-hybridized carbons (Fsp3) is 0.200. The molecule has 2 aliphatic rings. The van der Waals surface area contributed by atoms with Crippen LogP contribution in [-0.4, -0.2) is 107 Å². The van der Waals surface area contributed by atoms with Crippen LogP contribution in [0.15, 0.2) is 146 Å². The van der Waals surface area contributed by atoms with Crippen molar-refractivity contribution in [3.63, 3.8) is 0 Å². The summed E-state index contributed by atoms with van der Waals surface area (Å²) < 4.78 is 48.8. The Bertz CT molecular complexity index is 3730. The highest BCUT2D eigenvalue weighted by Gasteiger charge is 2.21. The average molecular weight is 1080 g/mol. The molecule has 79 heavy (non-hydrogen) atoms. The zero-order valence-electron chi connectivity index (χ0n) is 43.8. The molecule has 8 aromatic heterocycles. The molecule has 2 saturated heterocycles. The molecule has 0 spiro atoms. The van der Waals surface area contributed by atoms with Gasteiger partial charge in [0.1, 0.15) is 23.3 Å². The Balaban J connectivity index is 0.000000148. The van der Waals surface area contributed by atoms with Gasteiger partial charge in [0.05, 0.1) is 90.9 Å². The van der Waals surface area contributed by atoms with Gasteiger partial charge in [0.15, 0.2) is 0 Å². The molecule has 0 radical (unpaired) electrons. The third-order valence-corrected chi connectivity index (χ3v) is 13.9. The summed E-state index contributed by atoms with van der Waals surface area (Å²) >= 11 is 6.34. The van der Waals surface area contributed by atoms with Gasteiger partial charge in [-0.2, -0.15) is 0 Å². The van der Waals surface area contributed by atoms with Crippen molar-refractivity contribution in [2.45, 2.75) is 13.8 Å². The molecule has 16 nitrogen and oxygen atoms in total. The predicted molar refractivity (Wildman–Crippen MR) is 306 cm³/mol. The van der Waals surface area contributed by atoms with E-state index in [-0.39, 0.29) is 11.6 Å². The van der Waals surface area contributed by atoms with Crippen molar-refractivity contribution in [1.82, 2.24) is 39.9 Å². The summed E-state index contributed by atoms with van der Waals surface area (Å²) in [5.74, 6) is 2.17. The minimum atomic E-state index is -0.347. The van der Waals surface area contributed by atoms with Crippen LogP contribution in [0.2, 0.25) is 5.02 Å². The lowest BCUT2D eigenvalue weighted by molar-refractivity contribution is 0.122. The van der Waals surface area contributed by atoms with E-state index >= 15 is 0 Å². The van der Waals surface area contributed by atoms with E-state index in [0.29, 0.717) is 63.8 Å². The van der Waals surface area contributed by atoms with E-state index in [1.165, 1.54) is 24.3 Å². The highest BCUT2D eigenvalue weighted by atomic mass is 35.5. The highest BCUT2D eigenvalue weighted by molar-refractivity contribution is 6.36. The molecule has 0 saturated carbocycles. The number of halogens is 3. The number of ether oxygens (including phenoxy) is 4. The molecule has 2 aromatic carbocycles. The average Bonchev–Trinajstić information content (AvgIpc) is 3.61. The van der Waals surface area contributed by atoms with Crippen molar-refractivity contribution in [3.05, 3.63) is 174 Å². The van der Waals surface area contributed by atoms with Gasteiger partial charge >= 0.3 is 0 Å². The molecule has 2 aliphatic heterocycles. The number of rotatable bonds is 10. The monoisotopic (exact) mass is 1080 g/mol. The number of aromatic nitrogens is 8.